The highest BCUT2D eigenvalue weighted by atomic mass is 127. The van der Waals surface area contributed by atoms with Crippen molar-refractivity contribution < 1.29 is 9.90 Å². The molecule has 0 unspecified atom stereocenters. The summed E-state index contributed by atoms with van der Waals surface area (Å²) in [6.45, 7) is 1.81. The van der Waals surface area contributed by atoms with Gasteiger partial charge in [0.1, 0.15) is 12.0 Å². The average Bonchev–Trinajstić information content (AvgIpc) is 2.04. The van der Waals surface area contributed by atoms with E-state index in [1.54, 1.807) is 12.1 Å². The second-order valence-electron chi connectivity index (χ2n) is 2.05. The third-order valence-electron chi connectivity index (χ3n) is 0.975. The molecular weight excluding hydrogens is 267 g/mol. The molecule has 3 heteroatoms. The Kier molecular flexibility index (Phi) is 6.75. The first-order valence-corrected chi connectivity index (χ1v) is 4.66. The predicted molar refractivity (Wildman–Crippen MR) is 57.2 cm³/mol. The first-order valence-electron chi connectivity index (χ1n) is 3.59. The summed E-state index contributed by atoms with van der Waals surface area (Å²) in [6, 6.07) is 7.11. The molecule has 1 aromatic carbocycles. The lowest BCUT2D eigenvalue weighted by Gasteiger charge is -1.88. The van der Waals surface area contributed by atoms with Crippen LogP contribution in [0.2, 0.25) is 0 Å². The van der Waals surface area contributed by atoms with Gasteiger partial charge < -0.3 is 9.90 Å². The molecule has 12 heavy (non-hydrogen) atoms. The molecule has 0 atom stereocenters. The van der Waals surface area contributed by atoms with Crippen LogP contribution in [0.3, 0.4) is 0 Å². The number of carbonyl (C=O) groups excluding carboxylic acids is 1. The van der Waals surface area contributed by atoms with Crippen LogP contribution in [0.5, 0.6) is 5.75 Å². The van der Waals surface area contributed by atoms with E-state index in [2.05, 4.69) is 22.6 Å². The van der Waals surface area contributed by atoms with Crippen molar-refractivity contribution in [2.45, 2.75) is 13.3 Å². The molecule has 0 amide bonds. The van der Waals surface area contributed by atoms with Gasteiger partial charge in [0, 0.05) is 9.99 Å². The van der Waals surface area contributed by atoms with Gasteiger partial charge in [-0.05, 0) is 40.8 Å². The molecule has 1 N–H and O–H groups in total. The van der Waals surface area contributed by atoms with Gasteiger partial charge in [-0.25, -0.2) is 0 Å². The van der Waals surface area contributed by atoms with Crippen molar-refractivity contribution in [2.24, 2.45) is 0 Å². The Morgan fingerprint density at radius 3 is 2.42 bits per heavy atom. The first kappa shape index (κ1) is 11.4. The molecule has 0 spiro atoms. The summed E-state index contributed by atoms with van der Waals surface area (Å²) < 4.78 is 1.06. The molecule has 0 radical (unpaired) electrons. The number of carbonyl (C=O) groups is 1. The van der Waals surface area contributed by atoms with Crippen LogP contribution in [0, 0.1) is 3.57 Å². The molecule has 0 aliphatic carbocycles. The molecule has 0 fully saturated rings. The summed E-state index contributed by atoms with van der Waals surface area (Å²) in [5.41, 5.74) is 0. The van der Waals surface area contributed by atoms with Crippen molar-refractivity contribution in [1.29, 1.82) is 0 Å². The van der Waals surface area contributed by atoms with Crippen LogP contribution in [0.4, 0.5) is 0 Å². The Labute approximate surface area is 85.7 Å². The number of phenolic OH excluding ortho intramolecular Hbond substituents is 1. The van der Waals surface area contributed by atoms with E-state index in [-0.39, 0.29) is 0 Å². The van der Waals surface area contributed by atoms with E-state index in [1.165, 1.54) is 0 Å². The van der Waals surface area contributed by atoms with Crippen molar-refractivity contribution in [2.75, 3.05) is 0 Å². The summed E-state index contributed by atoms with van der Waals surface area (Å²) >= 11 is 2.15. The topological polar surface area (TPSA) is 37.3 Å². The Balaban J connectivity index is 0.000000261. The zero-order valence-electron chi connectivity index (χ0n) is 6.83. The van der Waals surface area contributed by atoms with Crippen molar-refractivity contribution in [1.82, 2.24) is 0 Å². The highest BCUT2D eigenvalue weighted by Gasteiger charge is 1.84. The number of aldehydes is 1. The standard InChI is InChI=1S/C6H5IO.C3H6O/c7-5-2-1-3-6(8)4-5;1-2-3-4/h1-4,8H;3H,2H2,1H3. The maximum Gasteiger partial charge on any atom is 0.119 e. The number of benzene rings is 1. The lowest BCUT2D eigenvalue weighted by atomic mass is 10.3. The highest BCUT2D eigenvalue weighted by Crippen LogP contribution is 2.11. The van der Waals surface area contributed by atoms with Gasteiger partial charge in [-0.15, -0.1) is 0 Å². The van der Waals surface area contributed by atoms with Crippen LogP contribution >= 0.6 is 22.6 Å². The van der Waals surface area contributed by atoms with Gasteiger partial charge >= 0.3 is 0 Å². The minimum Gasteiger partial charge on any atom is -0.508 e. The number of rotatable bonds is 1. The molecule has 66 valence electrons. The highest BCUT2D eigenvalue weighted by molar-refractivity contribution is 14.1. The van der Waals surface area contributed by atoms with E-state index >= 15 is 0 Å². The first-order chi connectivity index (χ1) is 5.70. The Morgan fingerprint density at radius 2 is 2.17 bits per heavy atom. The summed E-state index contributed by atoms with van der Waals surface area (Å²) in [6.07, 6.45) is 1.51. The Bertz CT molecular complexity index is 218. The SMILES string of the molecule is CCC=O.Oc1cccc(I)c1. The van der Waals surface area contributed by atoms with Crippen LogP contribution in [0.25, 0.3) is 0 Å². The van der Waals surface area contributed by atoms with E-state index in [1.807, 2.05) is 19.1 Å². The normalized spacial score (nSPS) is 8.17. The largest absolute Gasteiger partial charge is 0.508 e. The lowest BCUT2D eigenvalue weighted by Crippen LogP contribution is -1.65. The number of aromatic hydroxyl groups is 1. The van der Waals surface area contributed by atoms with Crippen molar-refractivity contribution in [3.8, 4) is 5.75 Å². The molecule has 0 bridgehead atoms. The molecule has 0 saturated carbocycles. The van der Waals surface area contributed by atoms with Crippen LogP contribution in [-0.4, -0.2) is 11.4 Å². The molecule has 0 aliphatic heterocycles. The summed E-state index contributed by atoms with van der Waals surface area (Å²) in [4.78, 5) is 9.17. The van der Waals surface area contributed by atoms with E-state index in [4.69, 9.17) is 5.11 Å². The number of hydrogen-bond donors (Lipinski definition) is 1. The Hall–Kier alpha value is -0.580. The van der Waals surface area contributed by atoms with Gasteiger partial charge in [-0.1, -0.05) is 13.0 Å². The zero-order valence-corrected chi connectivity index (χ0v) is 8.98. The van der Waals surface area contributed by atoms with Crippen molar-refractivity contribution in [3.63, 3.8) is 0 Å². The molecule has 1 rings (SSSR count). The second kappa shape index (κ2) is 7.09. The third-order valence-corrected chi connectivity index (χ3v) is 1.65. The van der Waals surface area contributed by atoms with Gasteiger partial charge in [0.15, 0.2) is 0 Å². The quantitative estimate of drug-likeness (QED) is 0.633. The van der Waals surface area contributed by atoms with Crippen LogP contribution < -0.4 is 0 Å². The molecule has 1 aromatic rings. The minimum absolute atomic E-state index is 0.330. The molecular formula is C9H11IO2. The van der Waals surface area contributed by atoms with E-state index in [0.717, 1.165) is 9.86 Å². The lowest BCUT2D eigenvalue weighted by molar-refractivity contribution is -0.107. The maximum atomic E-state index is 9.17. The summed E-state index contributed by atoms with van der Waals surface area (Å²) in [5, 5.41) is 8.81. The number of hydrogen-bond acceptors (Lipinski definition) is 2. The average molecular weight is 278 g/mol. The van der Waals surface area contributed by atoms with Crippen LogP contribution in [0.15, 0.2) is 24.3 Å². The Morgan fingerprint density at radius 1 is 1.58 bits per heavy atom. The zero-order chi connectivity index (χ0) is 9.40. The van der Waals surface area contributed by atoms with Crippen LogP contribution in [-0.2, 0) is 4.79 Å². The van der Waals surface area contributed by atoms with Gasteiger partial charge in [0.05, 0.1) is 0 Å². The van der Waals surface area contributed by atoms with E-state index in [0.29, 0.717) is 12.2 Å². The molecule has 0 aliphatic rings. The summed E-state index contributed by atoms with van der Waals surface area (Å²) in [7, 11) is 0. The maximum absolute atomic E-state index is 9.17. The van der Waals surface area contributed by atoms with E-state index in [9.17, 15) is 4.79 Å². The van der Waals surface area contributed by atoms with E-state index < -0.39 is 0 Å². The fourth-order valence-electron chi connectivity index (χ4n) is 0.476. The van der Waals surface area contributed by atoms with Gasteiger partial charge in [-0.2, -0.15) is 0 Å². The van der Waals surface area contributed by atoms with Crippen LogP contribution in [0.1, 0.15) is 13.3 Å². The second-order valence-corrected chi connectivity index (χ2v) is 3.30. The summed E-state index contributed by atoms with van der Waals surface area (Å²) in [5.74, 6) is 0.330. The predicted octanol–water partition coefficient (Wildman–Crippen LogP) is 2.59. The van der Waals surface area contributed by atoms with Gasteiger partial charge in [0.2, 0.25) is 0 Å². The van der Waals surface area contributed by atoms with Gasteiger partial charge in [0.25, 0.3) is 0 Å². The molecule has 0 aromatic heterocycles. The van der Waals surface area contributed by atoms with Gasteiger partial charge in [-0.3, -0.25) is 0 Å². The van der Waals surface area contributed by atoms with Crippen molar-refractivity contribution in [3.05, 3.63) is 27.8 Å². The van der Waals surface area contributed by atoms with Crippen molar-refractivity contribution >= 4 is 28.9 Å². The molecule has 0 saturated heterocycles. The number of halogens is 1. The monoisotopic (exact) mass is 278 g/mol. The number of phenols is 1. The fraction of sp³-hybridized carbons (Fsp3) is 0.222. The molecule has 0 heterocycles. The smallest absolute Gasteiger partial charge is 0.119 e. The molecule has 2 nitrogen and oxygen atoms in total. The third kappa shape index (κ3) is 6.15. The fourth-order valence-corrected chi connectivity index (χ4v) is 1.00. The minimum atomic E-state index is 0.330.